The molecule has 0 aromatic rings. The first-order valence-corrected chi connectivity index (χ1v) is 5.84. The first-order chi connectivity index (χ1) is 6.44. The lowest BCUT2D eigenvalue weighted by Gasteiger charge is -2.25. The Morgan fingerprint density at radius 2 is 2.21 bits per heavy atom. The molecule has 1 aliphatic rings. The molecule has 5 heteroatoms. The summed E-state index contributed by atoms with van der Waals surface area (Å²) in [6.07, 6.45) is 1.93. The number of thioether (sulfide) groups is 1. The minimum Gasteiger partial charge on any atom is -0.333 e. The van der Waals surface area contributed by atoms with Crippen LogP contribution >= 0.6 is 11.8 Å². The van der Waals surface area contributed by atoms with Crippen LogP contribution in [0, 0.1) is 0 Å². The maximum Gasteiger partial charge on any atom is 0.323 e. The highest BCUT2D eigenvalue weighted by atomic mass is 32.2. The highest BCUT2D eigenvalue weighted by Gasteiger charge is 2.25. The van der Waals surface area contributed by atoms with Gasteiger partial charge in [-0.3, -0.25) is 9.89 Å². The number of amides is 2. The molecule has 14 heavy (non-hydrogen) atoms. The molecule has 80 valence electrons. The molecule has 2 amide bonds. The van der Waals surface area contributed by atoms with Gasteiger partial charge in [-0.15, -0.1) is 0 Å². The molecule has 1 rings (SSSR count). The molecule has 0 saturated carbocycles. The van der Waals surface area contributed by atoms with E-state index in [4.69, 9.17) is 0 Å². The second-order valence-electron chi connectivity index (χ2n) is 4.20. The third-order valence-corrected chi connectivity index (χ3v) is 2.43. The van der Waals surface area contributed by atoms with Crippen molar-refractivity contribution in [3.8, 4) is 0 Å². The van der Waals surface area contributed by atoms with Crippen molar-refractivity contribution in [2.45, 2.75) is 26.3 Å². The van der Waals surface area contributed by atoms with E-state index in [1.807, 2.05) is 27.0 Å². The van der Waals surface area contributed by atoms with E-state index in [-0.39, 0.29) is 11.6 Å². The second kappa shape index (κ2) is 4.21. The van der Waals surface area contributed by atoms with Gasteiger partial charge in [0.25, 0.3) is 0 Å². The van der Waals surface area contributed by atoms with Gasteiger partial charge in [0.2, 0.25) is 0 Å². The van der Waals surface area contributed by atoms with Crippen LogP contribution < -0.4 is 5.32 Å². The lowest BCUT2D eigenvalue weighted by molar-refractivity contribution is 0.214. The lowest BCUT2D eigenvalue weighted by atomic mass is 10.1. The summed E-state index contributed by atoms with van der Waals surface area (Å²) in [6.45, 7) is 7.32. The third-order valence-electron chi connectivity index (χ3n) is 1.71. The van der Waals surface area contributed by atoms with Crippen LogP contribution in [-0.2, 0) is 0 Å². The number of amidine groups is 1. The fraction of sp³-hybridized carbons (Fsp3) is 0.778. The van der Waals surface area contributed by atoms with Crippen molar-refractivity contribution in [1.82, 2.24) is 10.2 Å². The molecule has 0 radical (unpaired) electrons. The molecule has 0 saturated heterocycles. The Labute approximate surface area is 89.1 Å². The van der Waals surface area contributed by atoms with Crippen LogP contribution in [0.25, 0.3) is 0 Å². The summed E-state index contributed by atoms with van der Waals surface area (Å²) in [6, 6.07) is -0.0527. The van der Waals surface area contributed by atoms with Gasteiger partial charge < -0.3 is 5.32 Å². The Balaban J connectivity index is 2.58. The summed E-state index contributed by atoms with van der Waals surface area (Å²) in [5.74, 6) is 0. The number of hydrogen-bond donors (Lipinski definition) is 1. The summed E-state index contributed by atoms with van der Waals surface area (Å²) >= 11 is 1.51. The van der Waals surface area contributed by atoms with Crippen LogP contribution in [0.4, 0.5) is 4.79 Å². The van der Waals surface area contributed by atoms with Crippen LogP contribution in [0.2, 0.25) is 0 Å². The molecule has 0 bridgehead atoms. The highest BCUT2D eigenvalue weighted by Crippen LogP contribution is 2.12. The second-order valence-corrected chi connectivity index (χ2v) is 4.97. The van der Waals surface area contributed by atoms with E-state index in [0.717, 1.165) is 5.17 Å². The zero-order chi connectivity index (χ0) is 10.8. The number of hydrogen-bond acceptors (Lipinski definition) is 3. The Hall–Kier alpha value is -0.710. The van der Waals surface area contributed by atoms with E-state index >= 15 is 0 Å². The summed E-state index contributed by atoms with van der Waals surface area (Å²) < 4.78 is 0. The van der Waals surface area contributed by atoms with Crippen molar-refractivity contribution in [3.05, 3.63) is 0 Å². The maximum absolute atomic E-state index is 11.8. The average Bonchev–Trinajstić information content (AvgIpc) is 2.47. The number of nitrogens with zero attached hydrogens (tertiary/aromatic N) is 2. The van der Waals surface area contributed by atoms with E-state index < -0.39 is 0 Å². The fourth-order valence-electron chi connectivity index (χ4n) is 1.18. The summed E-state index contributed by atoms with van der Waals surface area (Å²) in [5, 5.41) is 3.73. The van der Waals surface area contributed by atoms with Crippen molar-refractivity contribution < 1.29 is 4.79 Å². The Kier molecular flexibility index (Phi) is 3.42. The van der Waals surface area contributed by atoms with E-state index in [2.05, 4.69) is 10.3 Å². The predicted octanol–water partition coefficient (Wildman–Crippen LogP) is 1.53. The van der Waals surface area contributed by atoms with Crippen molar-refractivity contribution >= 4 is 23.0 Å². The smallest absolute Gasteiger partial charge is 0.323 e. The Morgan fingerprint density at radius 3 is 2.71 bits per heavy atom. The van der Waals surface area contributed by atoms with Gasteiger partial charge >= 0.3 is 6.03 Å². The maximum atomic E-state index is 11.8. The van der Waals surface area contributed by atoms with Crippen molar-refractivity contribution in [1.29, 1.82) is 0 Å². The predicted molar refractivity (Wildman–Crippen MR) is 60.8 cm³/mol. The molecule has 0 aromatic heterocycles. The Bertz CT molecular complexity index is 257. The van der Waals surface area contributed by atoms with E-state index in [1.165, 1.54) is 11.8 Å². The fourth-order valence-corrected chi connectivity index (χ4v) is 1.79. The number of carbonyl (C=O) groups is 1. The summed E-state index contributed by atoms with van der Waals surface area (Å²) in [4.78, 5) is 17.7. The molecule has 0 fully saturated rings. The minimum atomic E-state index is -0.191. The Morgan fingerprint density at radius 1 is 1.57 bits per heavy atom. The number of rotatable bonds is 0. The van der Waals surface area contributed by atoms with Gasteiger partial charge in [0.15, 0.2) is 5.17 Å². The van der Waals surface area contributed by atoms with Gasteiger partial charge in [-0.05, 0) is 27.0 Å². The minimum absolute atomic E-state index is 0.0527. The third kappa shape index (κ3) is 2.90. The summed E-state index contributed by atoms with van der Waals surface area (Å²) in [7, 11) is 0. The van der Waals surface area contributed by atoms with Crippen LogP contribution in [-0.4, -0.2) is 41.0 Å². The molecule has 0 unspecified atom stereocenters. The quantitative estimate of drug-likeness (QED) is 0.666. The van der Waals surface area contributed by atoms with Gasteiger partial charge in [0.05, 0.1) is 6.54 Å². The molecular formula is C9H17N3OS. The monoisotopic (exact) mass is 215 g/mol. The highest BCUT2D eigenvalue weighted by molar-refractivity contribution is 8.13. The molecule has 0 aliphatic carbocycles. The van der Waals surface area contributed by atoms with Crippen LogP contribution in [0.3, 0.4) is 0 Å². The van der Waals surface area contributed by atoms with Crippen LogP contribution in [0.1, 0.15) is 20.8 Å². The molecule has 1 N–H and O–H groups in total. The first-order valence-electron chi connectivity index (χ1n) is 4.62. The standard InChI is InChI=1S/C9H17N3OS/c1-9(2,3)11-7(13)12-6-5-10-8(12)14-4/h5-6H2,1-4H3,(H,11,13). The van der Waals surface area contributed by atoms with Crippen molar-refractivity contribution in [2.75, 3.05) is 19.3 Å². The van der Waals surface area contributed by atoms with Gasteiger partial charge in [0, 0.05) is 12.1 Å². The molecule has 4 nitrogen and oxygen atoms in total. The van der Waals surface area contributed by atoms with Gasteiger partial charge in [0.1, 0.15) is 0 Å². The van der Waals surface area contributed by atoms with E-state index in [0.29, 0.717) is 13.1 Å². The number of aliphatic imine (C=N–C) groups is 1. The zero-order valence-corrected chi connectivity index (χ0v) is 9.94. The van der Waals surface area contributed by atoms with Crippen molar-refractivity contribution in [3.63, 3.8) is 0 Å². The lowest BCUT2D eigenvalue weighted by Crippen LogP contribution is -2.49. The van der Waals surface area contributed by atoms with Crippen LogP contribution in [0.5, 0.6) is 0 Å². The van der Waals surface area contributed by atoms with Crippen molar-refractivity contribution in [2.24, 2.45) is 4.99 Å². The molecular weight excluding hydrogens is 198 g/mol. The molecule has 0 atom stereocenters. The van der Waals surface area contributed by atoms with Gasteiger partial charge in [-0.25, -0.2) is 4.79 Å². The summed E-state index contributed by atoms with van der Waals surface area (Å²) in [5.41, 5.74) is -0.191. The number of nitrogens with one attached hydrogen (secondary N) is 1. The van der Waals surface area contributed by atoms with E-state index in [1.54, 1.807) is 4.90 Å². The number of urea groups is 1. The number of carbonyl (C=O) groups excluding carboxylic acids is 1. The molecule has 0 spiro atoms. The van der Waals surface area contributed by atoms with Crippen LogP contribution in [0.15, 0.2) is 4.99 Å². The average molecular weight is 215 g/mol. The zero-order valence-electron chi connectivity index (χ0n) is 9.13. The van der Waals surface area contributed by atoms with E-state index in [9.17, 15) is 4.79 Å². The molecule has 0 aromatic carbocycles. The first kappa shape index (κ1) is 11.4. The molecule has 1 aliphatic heterocycles. The largest absolute Gasteiger partial charge is 0.333 e. The SMILES string of the molecule is CSC1=NCCN1C(=O)NC(C)(C)C. The topological polar surface area (TPSA) is 44.7 Å². The normalized spacial score (nSPS) is 16.9. The van der Waals surface area contributed by atoms with Gasteiger partial charge in [-0.1, -0.05) is 11.8 Å². The van der Waals surface area contributed by atoms with Gasteiger partial charge in [-0.2, -0.15) is 0 Å². The molecule has 1 heterocycles.